The zero-order valence-corrected chi connectivity index (χ0v) is 29.8. The molecular formula is C32H62Fe2S2Ti+6. The van der Waals surface area contributed by atoms with E-state index in [4.69, 9.17) is 25.3 Å². The van der Waals surface area contributed by atoms with Gasteiger partial charge in [-0.2, -0.15) is 11.5 Å². The Kier molecular flexibility index (Phi) is 43.3. The van der Waals surface area contributed by atoms with E-state index in [9.17, 15) is 0 Å². The summed E-state index contributed by atoms with van der Waals surface area (Å²) in [6, 6.07) is 0. The van der Waals surface area contributed by atoms with Crippen molar-refractivity contribution in [3.05, 3.63) is 0 Å². The van der Waals surface area contributed by atoms with E-state index in [2.05, 4.69) is 0 Å². The van der Waals surface area contributed by atoms with Crippen molar-refractivity contribution in [2.24, 2.45) is 11.8 Å². The van der Waals surface area contributed by atoms with Crippen LogP contribution in [-0.4, -0.2) is 11.5 Å². The predicted molar refractivity (Wildman–Crippen MR) is 161 cm³/mol. The summed E-state index contributed by atoms with van der Waals surface area (Å²) in [7, 11) is 0. The third-order valence-electron chi connectivity index (χ3n) is 8.42. The maximum absolute atomic E-state index is 4.91. The molecule has 216 valence electrons. The average molecular weight is 671 g/mol. The first-order valence-electron chi connectivity index (χ1n) is 16.0. The summed E-state index contributed by atoms with van der Waals surface area (Å²) in [6.07, 6.45) is 41.4. The molecule has 6 aliphatic carbocycles. The maximum Gasteiger partial charge on any atom is 4.00 e. The molecule has 0 unspecified atom stereocenters. The fourth-order valence-corrected chi connectivity index (χ4v) is 6.56. The summed E-state index contributed by atoms with van der Waals surface area (Å²) in [4.78, 5) is 0. The Bertz CT molecular complexity index is 287. The van der Waals surface area contributed by atoms with Crippen LogP contribution in [0.3, 0.4) is 0 Å². The molecule has 0 aromatic carbocycles. The fourth-order valence-electron chi connectivity index (χ4n) is 5.89. The summed E-state index contributed by atoms with van der Waals surface area (Å²) in [5.41, 5.74) is 0. The quantitative estimate of drug-likeness (QED) is 0.212. The van der Waals surface area contributed by atoms with Crippen LogP contribution in [0.5, 0.6) is 0 Å². The van der Waals surface area contributed by atoms with Crippen molar-refractivity contribution in [3.8, 4) is 0 Å². The molecule has 0 saturated heterocycles. The molecule has 0 aromatic rings. The smallest absolute Gasteiger partial charge is 0.792 e. The van der Waals surface area contributed by atoms with Gasteiger partial charge in [0, 0.05) is 0 Å². The van der Waals surface area contributed by atoms with Crippen LogP contribution in [0.25, 0.3) is 0 Å². The maximum atomic E-state index is 4.91. The molecule has 0 bridgehead atoms. The van der Waals surface area contributed by atoms with Crippen molar-refractivity contribution in [2.75, 3.05) is 11.5 Å². The third-order valence-corrected chi connectivity index (χ3v) is 9.36. The zero-order chi connectivity index (χ0) is 24.4. The van der Waals surface area contributed by atoms with E-state index >= 15 is 0 Å². The molecule has 0 aliphatic heterocycles. The summed E-state index contributed by atoms with van der Waals surface area (Å²) in [5, 5.41) is 0. The molecular weight excluding hydrogens is 608 g/mol. The number of hydrogen-bond donors (Lipinski definition) is 0. The van der Waals surface area contributed by atoms with Gasteiger partial charge in [-0.25, -0.2) is 0 Å². The second-order valence-electron chi connectivity index (χ2n) is 11.7. The van der Waals surface area contributed by atoms with E-state index in [1.165, 1.54) is 180 Å². The molecule has 6 aliphatic rings. The summed E-state index contributed by atoms with van der Waals surface area (Å²) >= 11 is 9.82. The van der Waals surface area contributed by atoms with Crippen LogP contribution < -0.4 is 0 Å². The van der Waals surface area contributed by atoms with E-state index in [-0.39, 0.29) is 55.9 Å². The molecule has 6 saturated carbocycles. The monoisotopic (exact) mass is 670 g/mol. The van der Waals surface area contributed by atoms with Gasteiger partial charge in [0.2, 0.25) is 0 Å². The van der Waals surface area contributed by atoms with E-state index in [0.717, 1.165) is 23.3 Å². The van der Waals surface area contributed by atoms with Crippen molar-refractivity contribution in [3.63, 3.8) is 0 Å². The van der Waals surface area contributed by atoms with Gasteiger partial charge in [0.05, 0.1) is 0 Å². The molecule has 6 rings (SSSR count). The van der Waals surface area contributed by atoms with Crippen LogP contribution >= 0.6 is 0 Å². The van der Waals surface area contributed by atoms with Gasteiger partial charge in [0.15, 0.2) is 0 Å². The first kappa shape index (κ1) is 43.9. The second kappa shape index (κ2) is 36.5. The van der Waals surface area contributed by atoms with Gasteiger partial charge in [-0.15, -0.1) is 0 Å². The van der Waals surface area contributed by atoms with Crippen LogP contribution in [-0.2, 0) is 81.1 Å². The van der Waals surface area contributed by atoms with Crippen molar-refractivity contribution in [2.45, 2.75) is 180 Å². The predicted octanol–water partition coefficient (Wildman–Crippen LogP) is 11.2. The minimum Gasteiger partial charge on any atom is -0.792 e. The Morgan fingerprint density at radius 2 is 0.432 bits per heavy atom. The van der Waals surface area contributed by atoms with Crippen molar-refractivity contribution in [1.82, 2.24) is 0 Å². The van der Waals surface area contributed by atoms with Gasteiger partial charge < -0.3 is 25.3 Å². The SMILES string of the molecule is C1CCCC1.C1CCCC1.C1CCCC1.C1CCCC1.[Fe+2].[Fe+2].[S-]CC1CCCC1.[S-]CC1CCCC1.[Ti+4]. The Labute approximate surface area is 282 Å². The molecule has 0 amide bonds. The molecule has 6 fully saturated rings. The third kappa shape index (κ3) is 31.2. The first-order valence-corrected chi connectivity index (χ1v) is 17.2. The Morgan fingerprint density at radius 3 is 0.514 bits per heavy atom. The van der Waals surface area contributed by atoms with Crippen LogP contribution in [0.4, 0.5) is 0 Å². The summed E-state index contributed by atoms with van der Waals surface area (Å²) < 4.78 is 0. The Hall–Kier alpha value is 2.45. The normalized spacial score (nSPS) is 21.9. The summed E-state index contributed by atoms with van der Waals surface area (Å²) in [6.45, 7) is 0. The minimum absolute atomic E-state index is 0. The molecule has 0 spiro atoms. The van der Waals surface area contributed by atoms with E-state index in [1.807, 2.05) is 0 Å². The fraction of sp³-hybridized carbons (Fsp3) is 1.00. The summed E-state index contributed by atoms with van der Waals surface area (Å²) in [5.74, 6) is 3.82. The number of hydrogen-bond acceptors (Lipinski definition) is 2. The van der Waals surface area contributed by atoms with Crippen molar-refractivity contribution >= 4 is 25.3 Å². The van der Waals surface area contributed by atoms with Crippen molar-refractivity contribution in [1.29, 1.82) is 0 Å². The standard InChI is InChI=1S/2C6H12S.4C5H10.2Fe.Ti/c2*7-5-6-3-1-2-4-6;4*1-2-4-5-3-1;;;/h2*6-7H,1-5H2;4*1-5H2;;;/q;;;;;;2*+2;+4/p-2. The van der Waals surface area contributed by atoms with E-state index in [1.54, 1.807) is 0 Å². The van der Waals surface area contributed by atoms with Gasteiger partial charge in [-0.05, 0) is 0 Å². The van der Waals surface area contributed by atoms with Gasteiger partial charge in [0.25, 0.3) is 0 Å². The van der Waals surface area contributed by atoms with Gasteiger partial charge in [-0.3, -0.25) is 0 Å². The average Bonchev–Trinajstić information content (AvgIpc) is 3.79. The Morgan fingerprint density at radius 1 is 0.297 bits per heavy atom. The molecule has 37 heavy (non-hydrogen) atoms. The van der Waals surface area contributed by atoms with Crippen LogP contribution in [0.15, 0.2) is 0 Å². The Balaban J connectivity index is -0.000000371. The molecule has 0 N–H and O–H groups in total. The van der Waals surface area contributed by atoms with Gasteiger partial charge >= 0.3 is 55.9 Å². The van der Waals surface area contributed by atoms with E-state index < -0.39 is 0 Å². The van der Waals surface area contributed by atoms with E-state index in [0.29, 0.717) is 0 Å². The topological polar surface area (TPSA) is 0 Å². The van der Waals surface area contributed by atoms with Gasteiger partial charge in [0.1, 0.15) is 0 Å². The van der Waals surface area contributed by atoms with Crippen LogP contribution in [0, 0.1) is 11.8 Å². The van der Waals surface area contributed by atoms with Crippen LogP contribution in [0.1, 0.15) is 180 Å². The zero-order valence-electron chi connectivity index (χ0n) is 24.4. The second-order valence-corrected chi connectivity index (χ2v) is 12.4. The van der Waals surface area contributed by atoms with Crippen LogP contribution in [0.2, 0.25) is 0 Å². The molecule has 0 aromatic heterocycles. The van der Waals surface area contributed by atoms with Crippen molar-refractivity contribution < 1.29 is 55.9 Å². The molecule has 0 heterocycles. The molecule has 5 heteroatoms. The number of rotatable bonds is 2. The van der Waals surface area contributed by atoms with Gasteiger partial charge in [-0.1, -0.05) is 192 Å². The first-order chi connectivity index (χ1) is 16.9. The molecule has 0 radical (unpaired) electrons. The molecule has 0 nitrogen and oxygen atoms in total. The largest absolute Gasteiger partial charge is 4.00 e. The molecule has 0 atom stereocenters. The minimum atomic E-state index is 0.